The van der Waals surface area contributed by atoms with Gasteiger partial charge in [0.05, 0.1) is 8.07 Å². The van der Waals surface area contributed by atoms with E-state index in [9.17, 15) is 0 Å². The molecule has 0 fully saturated rings. The predicted octanol–water partition coefficient (Wildman–Crippen LogP) is 17.3. The van der Waals surface area contributed by atoms with Crippen molar-refractivity contribution in [3.05, 3.63) is 142 Å². The van der Waals surface area contributed by atoms with Crippen LogP contribution in [0.3, 0.4) is 0 Å². The second kappa shape index (κ2) is 16.1. The van der Waals surface area contributed by atoms with Crippen LogP contribution in [-0.2, 0) is 37.9 Å². The molecule has 2 aliphatic heterocycles. The van der Waals surface area contributed by atoms with Gasteiger partial charge in [-0.15, -0.1) is 0 Å². The monoisotopic (exact) mass is 997 g/mol. The van der Waals surface area contributed by atoms with Crippen molar-refractivity contribution >= 4 is 81.7 Å². The summed E-state index contributed by atoms with van der Waals surface area (Å²) < 4.78 is 7.70. The van der Waals surface area contributed by atoms with Gasteiger partial charge in [-0.2, -0.15) is 0 Å². The summed E-state index contributed by atoms with van der Waals surface area (Å²) in [6.45, 7) is 48.2. The largest absolute Gasteiger partial charge is 0.440 e. The topological polar surface area (TPSA) is 19.6 Å². The average Bonchev–Trinajstić information content (AvgIpc) is 3.69. The SMILES string of the molecule is CC(C)(C)c1cc(N2c3cc(C(C)(C)C)ccc3B3c4c2cc(-c2ccc([Si](C)(C)C)cc2)cc4N(c2ccc4c(c2)C(C)(C)CCC4(C)C)c2oc4cc5c(cc4c23)C(C)(C)CCC5(C)C)cc(C(C)(C)C)c1. The van der Waals surface area contributed by atoms with E-state index in [0.717, 1.165) is 36.4 Å². The van der Waals surface area contributed by atoms with E-state index in [2.05, 4.69) is 250 Å². The Kier molecular flexibility index (Phi) is 11.1. The lowest BCUT2D eigenvalue weighted by Gasteiger charge is -2.45. The molecule has 1 aromatic heterocycles. The lowest BCUT2D eigenvalue weighted by Crippen LogP contribution is -2.61. The molecule has 0 spiro atoms. The molecule has 0 saturated heterocycles. The third kappa shape index (κ3) is 8.10. The minimum absolute atomic E-state index is 0.0227. The first-order valence-corrected chi connectivity index (χ1v) is 31.6. The molecule has 384 valence electrons. The van der Waals surface area contributed by atoms with Crippen molar-refractivity contribution in [1.82, 2.24) is 0 Å². The van der Waals surface area contributed by atoms with Crippen molar-refractivity contribution in [3.63, 3.8) is 0 Å². The molecule has 0 amide bonds. The summed E-state index contributed by atoms with van der Waals surface area (Å²) in [5.41, 5.74) is 23.3. The Morgan fingerprint density at radius 2 is 0.959 bits per heavy atom. The number of hydrogen-bond acceptors (Lipinski definition) is 3. The maximum absolute atomic E-state index is 7.70. The van der Waals surface area contributed by atoms with E-state index in [0.29, 0.717) is 0 Å². The van der Waals surface area contributed by atoms with Crippen LogP contribution >= 0.6 is 0 Å². The van der Waals surface area contributed by atoms with Gasteiger partial charge in [0, 0.05) is 39.3 Å². The minimum Gasteiger partial charge on any atom is -0.440 e. The molecule has 4 aliphatic rings. The van der Waals surface area contributed by atoms with Crippen LogP contribution < -0.4 is 31.4 Å². The quantitative estimate of drug-likeness (QED) is 0.164. The minimum atomic E-state index is -1.56. The van der Waals surface area contributed by atoms with Crippen molar-refractivity contribution in [3.8, 4) is 11.1 Å². The van der Waals surface area contributed by atoms with E-state index < -0.39 is 8.07 Å². The molecule has 2 aliphatic carbocycles. The molecule has 0 radical (unpaired) electrons. The molecule has 0 N–H and O–H groups in total. The second-order valence-corrected chi connectivity index (χ2v) is 35.2. The number of furan rings is 1. The zero-order chi connectivity index (χ0) is 53.4. The van der Waals surface area contributed by atoms with Gasteiger partial charge in [-0.25, -0.2) is 0 Å². The molecule has 0 atom stereocenters. The van der Waals surface area contributed by atoms with E-state index in [-0.39, 0.29) is 44.6 Å². The lowest BCUT2D eigenvalue weighted by molar-refractivity contribution is 0.332. The van der Waals surface area contributed by atoms with Crippen LogP contribution in [0.1, 0.15) is 182 Å². The number of nitrogens with zero attached hydrogens (tertiary/aromatic N) is 2. The first-order valence-electron chi connectivity index (χ1n) is 28.1. The summed E-state index contributed by atoms with van der Waals surface area (Å²) >= 11 is 0. The van der Waals surface area contributed by atoms with Crippen LogP contribution in [0.2, 0.25) is 19.6 Å². The Balaban J connectivity index is 1.32. The molecule has 7 aromatic rings. The third-order valence-electron chi connectivity index (χ3n) is 18.6. The van der Waals surface area contributed by atoms with Gasteiger partial charge in [0.2, 0.25) is 5.88 Å². The Morgan fingerprint density at radius 1 is 0.446 bits per heavy atom. The van der Waals surface area contributed by atoms with E-state index in [4.69, 9.17) is 4.42 Å². The van der Waals surface area contributed by atoms with Gasteiger partial charge < -0.3 is 9.32 Å². The molecule has 3 nitrogen and oxygen atoms in total. The zero-order valence-corrected chi connectivity index (χ0v) is 50.0. The van der Waals surface area contributed by atoms with Crippen LogP contribution in [0.4, 0.5) is 34.3 Å². The summed E-state index contributed by atoms with van der Waals surface area (Å²) in [5, 5.41) is 2.72. The van der Waals surface area contributed by atoms with Gasteiger partial charge in [-0.1, -0.05) is 191 Å². The molecule has 0 bridgehead atoms. The van der Waals surface area contributed by atoms with Crippen molar-refractivity contribution in [2.45, 2.75) is 201 Å². The van der Waals surface area contributed by atoms with Gasteiger partial charge >= 0.3 is 0 Å². The highest BCUT2D eigenvalue weighted by Gasteiger charge is 2.49. The Hall–Kier alpha value is -5.26. The van der Waals surface area contributed by atoms with Gasteiger partial charge in [0.1, 0.15) is 5.58 Å². The summed E-state index contributed by atoms with van der Waals surface area (Å²) in [6, 6.07) is 42.1. The molecule has 3 heterocycles. The van der Waals surface area contributed by atoms with Gasteiger partial charge in [0.15, 0.2) is 0 Å². The van der Waals surface area contributed by atoms with Crippen molar-refractivity contribution in [2.24, 2.45) is 0 Å². The molecule has 6 aromatic carbocycles. The van der Waals surface area contributed by atoms with Crippen LogP contribution in [0.5, 0.6) is 0 Å². The first-order chi connectivity index (χ1) is 34.2. The number of anilines is 6. The molecule has 0 unspecified atom stereocenters. The van der Waals surface area contributed by atoms with Gasteiger partial charge in [0.25, 0.3) is 6.71 Å². The van der Waals surface area contributed by atoms with Crippen molar-refractivity contribution < 1.29 is 4.42 Å². The maximum atomic E-state index is 7.70. The summed E-state index contributed by atoms with van der Waals surface area (Å²) in [6.07, 6.45) is 4.63. The third-order valence-corrected chi connectivity index (χ3v) is 20.7. The fourth-order valence-corrected chi connectivity index (χ4v) is 14.4. The fourth-order valence-electron chi connectivity index (χ4n) is 13.2. The van der Waals surface area contributed by atoms with Crippen LogP contribution in [0.15, 0.2) is 108 Å². The van der Waals surface area contributed by atoms with Crippen LogP contribution in [-0.4, -0.2) is 14.8 Å². The highest BCUT2D eigenvalue weighted by Crippen LogP contribution is 2.54. The van der Waals surface area contributed by atoms with Crippen molar-refractivity contribution in [1.29, 1.82) is 0 Å². The average molecular weight is 997 g/mol. The van der Waals surface area contributed by atoms with Crippen LogP contribution in [0.25, 0.3) is 22.1 Å². The predicted molar refractivity (Wildman–Crippen MR) is 325 cm³/mol. The van der Waals surface area contributed by atoms with E-state index in [1.807, 2.05) is 0 Å². The van der Waals surface area contributed by atoms with Gasteiger partial charge in [-0.05, 0) is 179 Å². The highest BCUT2D eigenvalue weighted by atomic mass is 28.3. The number of benzene rings is 6. The maximum Gasteiger partial charge on any atom is 0.257 e. The summed E-state index contributed by atoms with van der Waals surface area (Å²) in [4.78, 5) is 5.25. The number of fused-ring (bicyclic) bond motifs is 8. The Labute approximate surface area is 447 Å². The number of rotatable bonds is 4. The number of hydrogen-bond donors (Lipinski definition) is 0. The molecule has 11 rings (SSSR count). The lowest BCUT2D eigenvalue weighted by atomic mass is 9.33. The van der Waals surface area contributed by atoms with E-state index in [1.165, 1.54) is 106 Å². The van der Waals surface area contributed by atoms with Gasteiger partial charge in [-0.3, -0.25) is 4.90 Å². The van der Waals surface area contributed by atoms with Crippen molar-refractivity contribution in [2.75, 3.05) is 9.80 Å². The van der Waals surface area contributed by atoms with Crippen LogP contribution in [0, 0.1) is 0 Å². The molecule has 0 saturated carbocycles. The molecule has 74 heavy (non-hydrogen) atoms. The highest BCUT2D eigenvalue weighted by molar-refractivity contribution is 7.01. The first kappa shape index (κ1) is 50.9. The zero-order valence-electron chi connectivity index (χ0n) is 49.0. The molecule has 5 heteroatoms. The Bertz CT molecular complexity index is 3410. The summed E-state index contributed by atoms with van der Waals surface area (Å²) in [5.74, 6) is 0.949. The van der Waals surface area contributed by atoms with E-state index >= 15 is 0 Å². The fraction of sp³-hybridized carbons (Fsp3) is 0.449. The smallest absolute Gasteiger partial charge is 0.257 e. The summed E-state index contributed by atoms with van der Waals surface area (Å²) in [7, 11) is -1.56. The van der Waals surface area contributed by atoms with E-state index in [1.54, 1.807) is 0 Å². The standard InChI is InChI=1S/C69H85BN2OSi/c1-63(2,3)44-23-28-55-56(38-44)71(48-36-45(64(4,5)6)35-46(37-48)65(7,8)9)57-33-43(42-21-25-49(26-22-42)74(18,19)20)34-58-61(57)70(55)60-50-40-53-54(69(16,17)32-31-68(53,14)15)41-59(50)73-62(60)72(58)47-24-27-51-52(39-47)67(12,13)30-29-66(51,10)11/h21-28,33-41H,29-32H2,1-20H3. The molecular weight excluding hydrogens is 912 g/mol. The second-order valence-electron chi connectivity index (χ2n) is 30.1. The normalized spacial score (nSPS) is 18.4. The Morgan fingerprint density at radius 3 is 1.50 bits per heavy atom. The molecular formula is C69H85BN2OSi.